The molecular weight excluding hydrogens is 343 g/mol. The maximum Gasteiger partial charge on any atom is 0.460 e. The Labute approximate surface area is 131 Å². The van der Waals surface area contributed by atoms with Gasteiger partial charge in [0.25, 0.3) is 0 Å². The second-order valence-electron chi connectivity index (χ2n) is 4.98. The highest BCUT2D eigenvalue weighted by Gasteiger charge is 2.74. The first kappa shape index (κ1) is 18.2. The number of nitrogens with one attached hydrogen (secondary N) is 1. The Morgan fingerprint density at radius 3 is 2.04 bits per heavy atom. The summed E-state index contributed by atoms with van der Waals surface area (Å²) in [6, 6.07) is 7.61. The molecule has 0 radical (unpaired) electrons. The van der Waals surface area contributed by atoms with E-state index in [9.17, 15) is 30.7 Å². The summed E-state index contributed by atoms with van der Waals surface area (Å²) in [5, 5.41) is 5.15. The number of benzene rings is 1. The lowest BCUT2D eigenvalue weighted by Gasteiger charge is -2.28. The maximum absolute atomic E-state index is 14.0. The van der Waals surface area contributed by atoms with E-state index in [1.165, 1.54) is 12.1 Å². The highest BCUT2D eigenvalue weighted by Crippen LogP contribution is 2.52. The SMILES string of the molecule is NCCc1c(-c2ccccc2)n[nH]c1C(F)(F)C(F)(F)C(F)(F)F. The van der Waals surface area contributed by atoms with E-state index in [0.717, 1.165) is 0 Å². The number of aromatic amines is 1. The first-order chi connectivity index (χ1) is 11.0. The molecule has 0 aliphatic carbocycles. The molecule has 1 heterocycles. The van der Waals surface area contributed by atoms with Crippen LogP contribution >= 0.6 is 0 Å². The lowest BCUT2D eigenvalue weighted by atomic mass is 9.97. The minimum Gasteiger partial charge on any atom is -0.330 e. The number of H-pyrrole nitrogens is 1. The Morgan fingerprint density at radius 2 is 1.54 bits per heavy atom. The standard InChI is InChI=1S/C14H12F7N3/c15-12(16,13(17,18)14(19,20)21)11-9(6-7-22)10(23-24-11)8-4-2-1-3-5-8/h1-5H,6-7,22H2,(H,23,24). The van der Waals surface area contributed by atoms with Crippen LogP contribution in [0.25, 0.3) is 11.3 Å². The van der Waals surface area contributed by atoms with Crippen molar-refractivity contribution in [2.75, 3.05) is 6.54 Å². The van der Waals surface area contributed by atoms with E-state index in [1.54, 1.807) is 23.3 Å². The van der Waals surface area contributed by atoms with Crippen LogP contribution in [0.15, 0.2) is 30.3 Å². The van der Waals surface area contributed by atoms with Crippen LogP contribution in [-0.4, -0.2) is 28.8 Å². The fourth-order valence-corrected chi connectivity index (χ4v) is 2.18. The Morgan fingerprint density at radius 1 is 0.958 bits per heavy atom. The highest BCUT2D eigenvalue weighted by atomic mass is 19.4. The molecule has 0 unspecified atom stereocenters. The summed E-state index contributed by atoms with van der Waals surface area (Å²) in [4.78, 5) is 0. The van der Waals surface area contributed by atoms with Crippen molar-refractivity contribution in [3.63, 3.8) is 0 Å². The number of nitrogens with two attached hydrogens (primary N) is 1. The number of rotatable bonds is 5. The molecule has 10 heteroatoms. The number of halogens is 7. The van der Waals surface area contributed by atoms with Gasteiger partial charge in [-0.05, 0) is 13.0 Å². The molecule has 0 saturated heterocycles. The van der Waals surface area contributed by atoms with Gasteiger partial charge in [-0.15, -0.1) is 0 Å². The number of hydrogen-bond acceptors (Lipinski definition) is 2. The maximum atomic E-state index is 14.0. The molecule has 3 N–H and O–H groups in total. The predicted molar refractivity (Wildman–Crippen MR) is 71.7 cm³/mol. The van der Waals surface area contributed by atoms with E-state index in [4.69, 9.17) is 5.73 Å². The van der Waals surface area contributed by atoms with Crippen LogP contribution in [-0.2, 0) is 12.3 Å². The van der Waals surface area contributed by atoms with Gasteiger partial charge in [0.15, 0.2) is 0 Å². The van der Waals surface area contributed by atoms with E-state index in [-0.39, 0.29) is 24.2 Å². The van der Waals surface area contributed by atoms with Crippen LogP contribution < -0.4 is 5.73 Å². The van der Waals surface area contributed by atoms with Gasteiger partial charge < -0.3 is 5.73 Å². The summed E-state index contributed by atoms with van der Waals surface area (Å²) in [6.45, 7) is -0.236. The summed E-state index contributed by atoms with van der Waals surface area (Å²) in [7, 11) is 0. The van der Waals surface area contributed by atoms with Crippen molar-refractivity contribution in [2.24, 2.45) is 5.73 Å². The predicted octanol–water partition coefficient (Wildman–Crippen LogP) is 3.87. The molecule has 1 aromatic heterocycles. The Bertz CT molecular complexity index is 692. The van der Waals surface area contributed by atoms with E-state index in [0.29, 0.717) is 0 Å². The lowest BCUT2D eigenvalue weighted by Crippen LogP contribution is -2.50. The Balaban J connectivity index is 2.61. The summed E-state index contributed by atoms with van der Waals surface area (Å²) in [5.41, 5.74) is 3.36. The van der Waals surface area contributed by atoms with Gasteiger partial charge in [0, 0.05) is 11.1 Å². The number of aromatic nitrogens is 2. The van der Waals surface area contributed by atoms with Gasteiger partial charge in [0.2, 0.25) is 0 Å². The molecule has 24 heavy (non-hydrogen) atoms. The van der Waals surface area contributed by atoms with E-state index >= 15 is 0 Å². The summed E-state index contributed by atoms with van der Waals surface area (Å²) in [5.74, 6) is -11.8. The Kier molecular flexibility index (Phi) is 4.62. The first-order valence-electron chi connectivity index (χ1n) is 6.69. The fraction of sp³-hybridized carbons (Fsp3) is 0.357. The van der Waals surface area contributed by atoms with Crippen molar-refractivity contribution in [1.82, 2.24) is 10.2 Å². The van der Waals surface area contributed by atoms with Gasteiger partial charge in [-0.25, -0.2) is 0 Å². The molecule has 0 amide bonds. The van der Waals surface area contributed by atoms with Gasteiger partial charge >= 0.3 is 18.0 Å². The van der Waals surface area contributed by atoms with Crippen LogP contribution in [0, 0.1) is 0 Å². The molecule has 132 valence electrons. The second-order valence-corrected chi connectivity index (χ2v) is 4.98. The average Bonchev–Trinajstić information content (AvgIpc) is 2.91. The first-order valence-corrected chi connectivity index (χ1v) is 6.69. The van der Waals surface area contributed by atoms with Crippen LogP contribution in [0.1, 0.15) is 11.3 Å². The van der Waals surface area contributed by atoms with Crippen LogP contribution in [0.4, 0.5) is 30.7 Å². The topological polar surface area (TPSA) is 54.7 Å². The van der Waals surface area contributed by atoms with Gasteiger partial charge in [-0.1, -0.05) is 30.3 Å². The molecule has 0 saturated carbocycles. The van der Waals surface area contributed by atoms with E-state index in [2.05, 4.69) is 5.10 Å². The smallest absolute Gasteiger partial charge is 0.330 e. The van der Waals surface area contributed by atoms with Gasteiger partial charge in [0.05, 0.1) is 5.69 Å². The molecule has 0 spiro atoms. The van der Waals surface area contributed by atoms with Gasteiger partial charge in [-0.2, -0.15) is 35.8 Å². The third-order valence-electron chi connectivity index (χ3n) is 3.37. The third kappa shape index (κ3) is 2.85. The zero-order valence-electron chi connectivity index (χ0n) is 12.0. The summed E-state index contributed by atoms with van der Waals surface area (Å²) in [6.07, 6.45) is -6.77. The Hall–Kier alpha value is -2.10. The van der Waals surface area contributed by atoms with Gasteiger partial charge in [-0.3, -0.25) is 5.10 Å². The van der Waals surface area contributed by atoms with Crippen molar-refractivity contribution in [3.05, 3.63) is 41.6 Å². The lowest BCUT2D eigenvalue weighted by molar-refractivity contribution is -0.360. The third-order valence-corrected chi connectivity index (χ3v) is 3.37. The average molecular weight is 355 g/mol. The molecular formula is C14H12F7N3. The zero-order valence-corrected chi connectivity index (χ0v) is 12.0. The molecule has 2 aromatic rings. The van der Waals surface area contributed by atoms with E-state index in [1.807, 2.05) is 0 Å². The number of nitrogens with zero attached hydrogens (tertiary/aromatic N) is 1. The largest absolute Gasteiger partial charge is 0.460 e. The minimum absolute atomic E-state index is 0.145. The quantitative estimate of drug-likeness (QED) is 0.800. The number of hydrogen-bond donors (Lipinski definition) is 2. The van der Waals surface area contributed by atoms with Crippen molar-refractivity contribution in [3.8, 4) is 11.3 Å². The van der Waals surface area contributed by atoms with Crippen molar-refractivity contribution < 1.29 is 30.7 Å². The molecule has 3 nitrogen and oxygen atoms in total. The highest BCUT2D eigenvalue weighted by molar-refractivity contribution is 5.64. The molecule has 0 atom stereocenters. The van der Waals surface area contributed by atoms with Gasteiger partial charge in [0.1, 0.15) is 5.69 Å². The van der Waals surface area contributed by atoms with Crippen molar-refractivity contribution >= 4 is 0 Å². The molecule has 0 fully saturated rings. The minimum atomic E-state index is -6.42. The molecule has 0 bridgehead atoms. The monoisotopic (exact) mass is 355 g/mol. The van der Waals surface area contributed by atoms with E-state index < -0.39 is 29.3 Å². The molecule has 1 aromatic carbocycles. The normalized spacial score (nSPS) is 13.3. The molecule has 0 aliphatic heterocycles. The molecule has 0 aliphatic rings. The summed E-state index contributed by atoms with van der Waals surface area (Å²) < 4.78 is 91.6. The zero-order chi connectivity index (χ0) is 18.2. The second kappa shape index (κ2) is 6.08. The van der Waals surface area contributed by atoms with Crippen molar-refractivity contribution in [2.45, 2.75) is 24.4 Å². The van der Waals surface area contributed by atoms with Crippen LogP contribution in [0.2, 0.25) is 0 Å². The van der Waals surface area contributed by atoms with Crippen LogP contribution in [0.3, 0.4) is 0 Å². The fourth-order valence-electron chi connectivity index (χ4n) is 2.18. The van der Waals surface area contributed by atoms with Crippen LogP contribution in [0.5, 0.6) is 0 Å². The molecule has 2 rings (SSSR count). The number of alkyl halides is 7. The van der Waals surface area contributed by atoms with Crippen molar-refractivity contribution in [1.29, 1.82) is 0 Å². The summed E-state index contributed by atoms with van der Waals surface area (Å²) >= 11 is 0.